The van der Waals surface area contributed by atoms with Gasteiger partial charge in [0.05, 0.1) is 32.0 Å². The molecular weight excluding hydrogens is 991 g/mol. The molecule has 1 amide bonds. The van der Waals surface area contributed by atoms with Gasteiger partial charge in [0.1, 0.15) is 24.4 Å². The summed E-state index contributed by atoms with van der Waals surface area (Å²) in [6, 6.07) is -0.813. The lowest BCUT2D eigenvalue weighted by Crippen LogP contribution is -2.60. The fourth-order valence-corrected chi connectivity index (χ4v) is 10.1. The Morgan fingerprint density at radius 2 is 0.873 bits per heavy atom. The number of rotatable bonds is 57. The molecule has 7 unspecified atom stereocenters. The molecule has 11 heteroatoms. The predicted molar refractivity (Wildman–Crippen MR) is 329 cm³/mol. The van der Waals surface area contributed by atoms with Gasteiger partial charge in [-0.1, -0.05) is 254 Å². The number of nitrogens with one attached hydrogen (secondary N) is 1. The van der Waals surface area contributed by atoms with E-state index in [0.717, 1.165) is 83.5 Å². The van der Waals surface area contributed by atoms with Crippen LogP contribution in [0.5, 0.6) is 0 Å². The Balaban J connectivity index is 2.00. The van der Waals surface area contributed by atoms with Gasteiger partial charge < -0.3 is 45.1 Å². The molecule has 11 nitrogen and oxygen atoms in total. The number of aliphatic hydroxyl groups is 5. The molecule has 460 valence electrons. The van der Waals surface area contributed by atoms with Crippen LogP contribution >= 0.6 is 0 Å². The first-order valence-electron chi connectivity index (χ1n) is 33.1. The van der Waals surface area contributed by atoms with Gasteiger partial charge in [0.2, 0.25) is 5.91 Å². The van der Waals surface area contributed by atoms with Gasteiger partial charge in [0, 0.05) is 12.8 Å². The number of carbonyl (C=O) groups excluding carboxylic acids is 2. The van der Waals surface area contributed by atoms with E-state index in [0.29, 0.717) is 19.4 Å². The summed E-state index contributed by atoms with van der Waals surface area (Å²) in [4.78, 5) is 25.1. The summed E-state index contributed by atoms with van der Waals surface area (Å²) in [5, 5.41) is 54.4. The van der Waals surface area contributed by atoms with Gasteiger partial charge in [0.25, 0.3) is 0 Å². The molecule has 1 rings (SSSR count). The number of carbonyl (C=O) groups is 2. The second-order valence-corrected chi connectivity index (χ2v) is 22.8. The van der Waals surface area contributed by atoms with Crippen LogP contribution in [0.4, 0.5) is 0 Å². The topological polar surface area (TPSA) is 175 Å². The molecule has 0 aliphatic carbocycles. The van der Waals surface area contributed by atoms with E-state index in [-0.39, 0.29) is 18.5 Å². The molecule has 1 heterocycles. The van der Waals surface area contributed by atoms with E-state index in [1.165, 1.54) is 186 Å². The number of hydrogen-bond acceptors (Lipinski definition) is 10. The largest absolute Gasteiger partial charge is 0.466 e. The van der Waals surface area contributed by atoms with E-state index in [1.54, 1.807) is 6.08 Å². The van der Waals surface area contributed by atoms with E-state index in [2.05, 4.69) is 67.8 Å². The first-order chi connectivity index (χ1) is 38.7. The van der Waals surface area contributed by atoms with Crippen LogP contribution in [0.25, 0.3) is 0 Å². The van der Waals surface area contributed by atoms with Crippen molar-refractivity contribution in [3.05, 3.63) is 60.8 Å². The van der Waals surface area contributed by atoms with Crippen molar-refractivity contribution < 1.29 is 49.3 Å². The lowest BCUT2D eigenvalue weighted by atomic mass is 9.99. The Kier molecular flexibility index (Phi) is 53.8. The van der Waals surface area contributed by atoms with Crippen molar-refractivity contribution >= 4 is 11.9 Å². The minimum absolute atomic E-state index is 0.0149. The molecule has 0 spiro atoms. The molecule has 0 bridgehead atoms. The fourth-order valence-electron chi connectivity index (χ4n) is 10.1. The summed E-state index contributed by atoms with van der Waals surface area (Å²) in [6.07, 6.45) is 64.8. The third kappa shape index (κ3) is 46.5. The van der Waals surface area contributed by atoms with E-state index in [1.807, 2.05) is 6.08 Å². The van der Waals surface area contributed by atoms with Crippen LogP contribution in [0.1, 0.15) is 296 Å². The number of allylic oxidation sites excluding steroid dienone is 9. The number of amides is 1. The average molecular weight is 1110 g/mol. The summed E-state index contributed by atoms with van der Waals surface area (Å²) in [6.45, 7) is 4.26. The third-order valence-electron chi connectivity index (χ3n) is 15.3. The van der Waals surface area contributed by atoms with E-state index in [4.69, 9.17) is 14.2 Å². The molecule has 6 N–H and O–H groups in total. The zero-order valence-corrected chi connectivity index (χ0v) is 50.8. The SMILES string of the molecule is CCC/C=C\C/C=C\CCCCCCCC(=O)OCCCCCCCCCCC/C=C\C/C=C\CCCCCCCCCCCCCC(=O)NC(COC1OC(CO)C(O)C(O)C1O)C(O)/C=C/CCCCCCCCCCC. The summed E-state index contributed by atoms with van der Waals surface area (Å²) in [5.74, 6) is -0.201. The van der Waals surface area contributed by atoms with Gasteiger partial charge in [-0.2, -0.15) is 0 Å². The molecule has 0 saturated carbocycles. The van der Waals surface area contributed by atoms with Gasteiger partial charge in [-0.3, -0.25) is 9.59 Å². The second kappa shape index (κ2) is 57.2. The van der Waals surface area contributed by atoms with Gasteiger partial charge in [0.15, 0.2) is 6.29 Å². The smallest absolute Gasteiger partial charge is 0.305 e. The summed E-state index contributed by atoms with van der Waals surface area (Å²) in [5.41, 5.74) is 0. The molecule has 0 aromatic heterocycles. The van der Waals surface area contributed by atoms with Crippen LogP contribution in [-0.2, 0) is 23.8 Å². The Hall–Kier alpha value is -2.64. The molecular formula is C68H123NO10. The van der Waals surface area contributed by atoms with Gasteiger partial charge in [-0.05, 0) is 89.9 Å². The Labute approximate surface area is 484 Å². The first kappa shape index (κ1) is 74.4. The highest BCUT2D eigenvalue weighted by molar-refractivity contribution is 5.76. The van der Waals surface area contributed by atoms with Crippen molar-refractivity contribution in [1.29, 1.82) is 0 Å². The monoisotopic (exact) mass is 1110 g/mol. The number of ether oxygens (including phenoxy) is 3. The molecule has 1 aliphatic heterocycles. The van der Waals surface area contributed by atoms with Crippen LogP contribution in [0.2, 0.25) is 0 Å². The molecule has 0 aromatic rings. The Morgan fingerprint density at radius 3 is 1.33 bits per heavy atom. The molecule has 79 heavy (non-hydrogen) atoms. The molecule has 1 fully saturated rings. The van der Waals surface area contributed by atoms with Crippen molar-refractivity contribution in [2.75, 3.05) is 19.8 Å². The maximum absolute atomic E-state index is 13.0. The molecule has 1 saturated heterocycles. The minimum atomic E-state index is -1.57. The maximum Gasteiger partial charge on any atom is 0.305 e. The molecule has 0 radical (unpaired) electrons. The van der Waals surface area contributed by atoms with Crippen LogP contribution in [0, 0.1) is 0 Å². The third-order valence-corrected chi connectivity index (χ3v) is 15.3. The van der Waals surface area contributed by atoms with Gasteiger partial charge in [-0.15, -0.1) is 0 Å². The van der Waals surface area contributed by atoms with Crippen molar-refractivity contribution in [3.63, 3.8) is 0 Å². The highest BCUT2D eigenvalue weighted by Gasteiger charge is 2.44. The zero-order valence-electron chi connectivity index (χ0n) is 50.8. The molecule has 7 atom stereocenters. The van der Waals surface area contributed by atoms with Crippen molar-refractivity contribution in [2.24, 2.45) is 0 Å². The summed E-state index contributed by atoms with van der Waals surface area (Å²) < 4.78 is 16.7. The van der Waals surface area contributed by atoms with Gasteiger partial charge >= 0.3 is 5.97 Å². The number of esters is 1. The summed E-state index contributed by atoms with van der Waals surface area (Å²) in [7, 11) is 0. The highest BCUT2D eigenvalue weighted by atomic mass is 16.7. The van der Waals surface area contributed by atoms with Crippen molar-refractivity contribution in [1.82, 2.24) is 5.32 Å². The normalized spacial score (nSPS) is 18.8. The quantitative estimate of drug-likeness (QED) is 0.0195. The number of unbranched alkanes of at least 4 members (excludes halogenated alkanes) is 35. The van der Waals surface area contributed by atoms with Crippen molar-refractivity contribution in [3.8, 4) is 0 Å². The zero-order chi connectivity index (χ0) is 57.3. The lowest BCUT2D eigenvalue weighted by Gasteiger charge is -2.40. The highest BCUT2D eigenvalue weighted by Crippen LogP contribution is 2.23. The maximum atomic E-state index is 13.0. The standard InChI is InChI=1S/C68H123NO10/c1-3-5-7-9-11-13-15-31-36-40-44-48-52-56-64(73)77-57-53-49-45-41-37-33-30-28-26-24-22-20-18-16-17-19-21-23-25-27-29-32-35-39-43-47-51-55-63(72)69-60(59-78-68-67(76)66(75)65(74)62(58-70)79-68)61(71)54-50-46-42-38-34-14-12-10-8-6-4-2/h7,9,13,15-17,20,22,50,54,60-62,65-68,70-71,74-76H,3-6,8,10-12,14,18-19,21,23-49,51-53,55-59H2,1-2H3,(H,69,72)/b9-7-,15-13-,17-16-,22-20-,54-50+. The molecule has 0 aromatic carbocycles. The van der Waals surface area contributed by atoms with E-state index >= 15 is 0 Å². The van der Waals surface area contributed by atoms with Crippen LogP contribution in [0.3, 0.4) is 0 Å². The lowest BCUT2D eigenvalue weighted by molar-refractivity contribution is -0.302. The minimum Gasteiger partial charge on any atom is -0.466 e. The predicted octanol–water partition coefficient (Wildman–Crippen LogP) is 16.2. The second-order valence-electron chi connectivity index (χ2n) is 22.8. The fraction of sp³-hybridized carbons (Fsp3) is 0.824. The van der Waals surface area contributed by atoms with Crippen LogP contribution in [0.15, 0.2) is 60.8 Å². The average Bonchev–Trinajstić information content (AvgIpc) is 3.48. The van der Waals surface area contributed by atoms with Crippen molar-refractivity contribution in [2.45, 2.75) is 339 Å². The van der Waals surface area contributed by atoms with Gasteiger partial charge in [-0.25, -0.2) is 0 Å². The Morgan fingerprint density at radius 1 is 0.468 bits per heavy atom. The first-order valence-corrected chi connectivity index (χ1v) is 33.1. The number of hydrogen-bond donors (Lipinski definition) is 6. The van der Waals surface area contributed by atoms with E-state index in [9.17, 15) is 35.1 Å². The van der Waals surface area contributed by atoms with Crippen LogP contribution < -0.4 is 5.32 Å². The van der Waals surface area contributed by atoms with Crippen LogP contribution in [-0.4, -0.2) is 100 Å². The number of aliphatic hydroxyl groups excluding tert-OH is 5. The Bertz CT molecular complexity index is 1500. The molecule has 1 aliphatic rings. The summed E-state index contributed by atoms with van der Waals surface area (Å²) >= 11 is 0. The van der Waals surface area contributed by atoms with E-state index < -0.39 is 49.5 Å².